The predicted octanol–water partition coefficient (Wildman–Crippen LogP) is 4.78. The number of carbonyl (C=O) groups is 1. The molecule has 1 N–H and O–H groups in total. The van der Waals surface area contributed by atoms with Gasteiger partial charge in [-0.1, -0.05) is 54.4 Å². The molecule has 0 spiro atoms. The molecule has 0 bridgehead atoms. The molecule has 0 aliphatic carbocycles. The lowest BCUT2D eigenvalue weighted by Gasteiger charge is -2.18. The Balaban J connectivity index is 1.99. The van der Waals surface area contributed by atoms with Gasteiger partial charge in [-0.05, 0) is 42.7 Å². The van der Waals surface area contributed by atoms with Crippen LogP contribution in [0.3, 0.4) is 0 Å². The summed E-state index contributed by atoms with van der Waals surface area (Å²) in [6, 6.07) is 12.8. The van der Waals surface area contributed by atoms with Gasteiger partial charge >= 0.3 is 0 Å². The van der Waals surface area contributed by atoms with E-state index < -0.39 is 6.10 Å². The lowest BCUT2D eigenvalue weighted by atomic mass is 10.2. The van der Waals surface area contributed by atoms with Crippen molar-refractivity contribution in [3.8, 4) is 5.75 Å². The second-order valence-electron chi connectivity index (χ2n) is 5.23. The van der Waals surface area contributed by atoms with E-state index in [4.69, 9.17) is 27.9 Å². The normalized spacial score (nSPS) is 11.8. The van der Waals surface area contributed by atoms with Crippen molar-refractivity contribution >= 4 is 29.1 Å². The molecule has 0 radical (unpaired) electrons. The second-order valence-corrected chi connectivity index (χ2v) is 6.08. The summed E-state index contributed by atoms with van der Waals surface area (Å²) in [5.74, 6) is 0.556. The topological polar surface area (TPSA) is 38.3 Å². The van der Waals surface area contributed by atoms with Crippen LogP contribution < -0.4 is 10.1 Å². The Morgan fingerprint density at radius 3 is 2.61 bits per heavy atom. The van der Waals surface area contributed by atoms with Crippen molar-refractivity contribution in [2.75, 3.05) is 0 Å². The van der Waals surface area contributed by atoms with E-state index in [2.05, 4.69) is 5.32 Å². The number of nitrogens with one attached hydrogen (secondary N) is 1. The van der Waals surface area contributed by atoms with E-state index in [-0.39, 0.29) is 5.91 Å². The van der Waals surface area contributed by atoms with Crippen LogP contribution in [0.1, 0.15) is 24.5 Å². The van der Waals surface area contributed by atoms with Gasteiger partial charge in [-0.2, -0.15) is 0 Å². The number of hydrogen-bond acceptors (Lipinski definition) is 2. The van der Waals surface area contributed by atoms with Crippen molar-refractivity contribution in [3.63, 3.8) is 0 Å². The van der Waals surface area contributed by atoms with Crippen LogP contribution in [0.5, 0.6) is 5.75 Å². The van der Waals surface area contributed by atoms with E-state index in [1.54, 1.807) is 18.2 Å². The van der Waals surface area contributed by atoms with Crippen LogP contribution in [-0.2, 0) is 11.3 Å². The summed E-state index contributed by atoms with van der Waals surface area (Å²) in [7, 11) is 0. The van der Waals surface area contributed by atoms with Crippen LogP contribution in [0.2, 0.25) is 10.0 Å². The number of ether oxygens (including phenoxy) is 1. The van der Waals surface area contributed by atoms with Gasteiger partial charge in [0.15, 0.2) is 6.10 Å². The first kappa shape index (κ1) is 17.6. The number of carbonyl (C=O) groups excluding carboxylic acids is 1. The molecule has 0 unspecified atom stereocenters. The monoisotopic (exact) mass is 351 g/mol. The maximum atomic E-state index is 12.3. The van der Waals surface area contributed by atoms with Gasteiger partial charge in [-0.25, -0.2) is 0 Å². The molecule has 0 heterocycles. The molecule has 2 aromatic carbocycles. The highest BCUT2D eigenvalue weighted by Crippen LogP contribution is 2.21. The molecule has 0 aliphatic rings. The first-order valence-corrected chi connectivity index (χ1v) is 8.20. The fraction of sp³-hybridized carbons (Fsp3) is 0.278. The Labute approximate surface area is 146 Å². The molecule has 0 fully saturated rings. The summed E-state index contributed by atoms with van der Waals surface area (Å²) < 4.78 is 5.83. The van der Waals surface area contributed by atoms with Crippen molar-refractivity contribution in [2.24, 2.45) is 0 Å². The van der Waals surface area contributed by atoms with Crippen LogP contribution in [0.15, 0.2) is 42.5 Å². The minimum Gasteiger partial charge on any atom is -0.480 e. The Bertz CT molecular complexity index is 688. The van der Waals surface area contributed by atoms with Gasteiger partial charge in [0.1, 0.15) is 5.75 Å². The SMILES string of the molecule is CC[C@H](Oc1ccccc1C)C(=O)NCc1ccc(Cl)cc1Cl. The van der Waals surface area contributed by atoms with Crippen molar-refractivity contribution in [2.45, 2.75) is 32.9 Å². The zero-order valence-electron chi connectivity index (χ0n) is 13.1. The molecule has 5 heteroatoms. The molecule has 0 aromatic heterocycles. The fourth-order valence-corrected chi connectivity index (χ4v) is 2.60. The van der Waals surface area contributed by atoms with E-state index >= 15 is 0 Å². The lowest BCUT2D eigenvalue weighted by molar-refractivity contribution is -0.128. The molecule has 122 valence electrons. The zero-order chi connectivity index (χ0) is 16.8. The fourth-order valence-electron chi connectivity index (χ4n) is 2.13. The first-order chi connectivity index (χ1) is 11.0. The number of aryl methyl sites for hydroxylation is 1. The van der Waals surface area contributed by atoms with E-state index in [1.807, 2.05) is 38.1 Å². The van der Waals surface area contributed by atoms with Gasteiger partial charge in [0.25, 0.3) is 5.91 Å². The van der Waals surface area contributed by atoms with Gasteiger partial charge < -0.3 is 10.1 Å². The number of amides is 1. The predicted molar refractivity (Wildman–Crippen MR) is 94.2 cm³/mol. The molecule has 1 amide bonds. The molecule has 2 rings (SSSR count). The summed E-state index contributed by atoms with van der Waals surface area (Å²) in [4.78, 5) is 12.3. The largest absolute Gasteiger partial charge is 0.480 e. The average Bonchev–Trinajstić information content (AvgIpc) is 2.53. The minimum absolute atomic E-state index is 0.165. The molecule has 2 aromatic rings. The maximum Gasteiger partial charge on any atom is 0.261 e. The van der Waals surface area contributed by atoms with Crippen molar-refractivity contribution in [1.29, 1.82) is 0 Å². The molecule has 0 saturated heterocycles. The van der Waals surface area contributed by atoms with E-state index in [1.165, 1.54) is 0 Å². The Morgan fingerprint density at radius 1 is 1.22 bits per heavy atom. The third-order valence-corrected chi connectivity index (χ3v) is 4.08. The summed E-state index contributed by atoms with van der Waals surface area (Å²) in [6.07, 6.45) is 0.0382. The van der Waals surface area contributed by atoms with Gasteiger partial charge in [0.2, 0.25) is 0 Å². The Kier molecular flexibility index (Phi) is 6.31. The standard InChI is InChI=1S/C18H19Cl2NO2/c1-3-16(23-17-7-5-4-6-12(17)2)18(22)21-11-13-8-9-14(19)10-15(13)20/h4-10,16H,3,11H2,1-2H3,(H,21,22)/t16-/m0/s1. The number of benzene rings is 2. The smallest absolute Gasteiger partial charge is 0.261 e. The highest BCUT2D eigenvalue weighted by atomic mass is 35.5. The molecule has 0 aliphatic heterocycles. The van der Waals surface area contributed by atoms with E-state index in [9.17, 15) is 4.79 Å². The number of halogens is 2. The molecule has 1 atom stereocenters. The average molecular weight is 352 g/mol. The number of hydrogen-bond donors (Lipinski definition) is 1. The first-order valence-electron chi connectivity index (χ1n) is 7.45. The van der Waals surface area contributed by atoms with E-state index in [0.717, 1.165) is 16.9 Å². The zero-order valence-corrected chi connectivity index (χ0v) is 14.6. The molecule has 0 saturated carbocycles. The van der Waals surface area contributed by atoms with Crippen LogP contribution in [0, 0.1) is 6.92 Å². The molecular weight excluding hydrogens is 333 g/mol. The summed E-state index contributed by atoms with van der Waals surface area (Å²) >= 11 is 12.0. The third kappa shape index (κ3) is 4.88. The lowest BCUT2D eigenvalue weighted by Crippen LogP contribution is -2.37. The maximum absolute atomic E-state index is 12.3. The van der Waals surface area contributed by atoms with Crippen molar-refractivity contribution < 1.29 is 9.53 Å². The van der Waals surface area contributed by atoms with Gasteiger partial charge in [0.05, 0.1) is 0 Å². The third-order valence-electron chi connectivity index (χ3n) is 3.49. The minimum atomic E-state index is -0.540. The van der Waals surface area contributed by atoms with E-state index in [0.29, 0.717) is 23.0 Å². The second kappa shape index (κ2) is 8.23. The van der Waals surface area contributed by atoms with Crippen LogP contribution >= 0.6 is 23.2 Å². The van der Waals surface area contributed by atoms with Crippen LogP contribution in [0.25, 0.3) is 0 Å². The summed E-state index contributed by atoms with van der Waals surface area (Å²) in [5, 5.41) is 3.96. The number of para-hydroxylation sites is 1. The van der Waals surface area contributed by atoms with Gasteiger partial charge in [-0.15, -0.1) is 0 Å². The quantitative estimate of drug-likeness (QED) is 0.813. The van der Waals surface area contributed by atoms with Gasteiger partial charge in [0, 0.05) is 16.6 Å². The highest BCUT2D eigenvalue weighted by Gasteiger charge is 2.19. The molecule has 3 nitrogen and oxygen atoms in total. The summed E-state index contributed by atoms with van der Waals surface area (Å²) in [6.45, 7) is 4.20. The van der Waals surface area contributed by atoms with Crippen molar-refractivity contribution in [3.05, 3.63) is 63.6 Å². The Hall–Kier alpha value is -1.71. The van der Waals surface area contributed by atoms with Crippen LogP contribution in [0.4, 0.5) is 0 Å². The summed E-state index contributed by atoms with van der Waals surface area (Å²) in [5.41, 5.74) is 1.81. The highest BCUT2D eigenvalue weighted by molar-refractivity contribution is 6.35. The van der Waals surface area contributed by atoms with Gasteiger partial charge in [-0.3, -0.25) is 4.79 Å². The molecule has 23 heavy (non-hydrogen) atoms. The van der Waals surface area contributed by atoms with Crippen LogP contribution in [-0.4, -0.2) is 12.0 Å². The Morgan fingerprint density at radius 2 is 1.96 bits per heavy atom. The molecular formula is C18H19Cl2NO2. The van der Waals surface area contributed by atoms with Crippen molar-refractivity contribution in [1.82, 2.24) is 5.32 Å². The number of rotatable bonds is 6.